The largest absolute Gasteiger partial charge is 0.457 e. The van der Waals surface area contributed by atoms with E-state index < -0.39 is 0 Å². The van der Waals surface area contributed by atoms with Gasteiger partial charge >= 0.3 is 0 Å². The van der Waals surface area contributed by atoms with E-state index in [0.29, 0.717) is 0 Å². The maximum absolute atomic E-state index is 6.06. The van der Waals surface area contributed by atoms with Crippen molar-refractivity contribution in [2.45, 2.75) is 19.4 Å². The van der Waals surface area contributed by atoms with Crippen molar-refractivity contribution in [3.05, 3.63) is 54.1 Å². The molecule has 0 radical (unpaired) electrons. The fourth-order valence-electron chi connectivity index (χ4n) is 2.01. The molecule has 1 unspecified atom stereocenters. The molecule has 20 heavy (non-hydrogen) atoms. The minimum atomic E-state index is 0.0617. The zero-order chi connectivity index (χ0) is 14.5. The first kappa shape index (κ1) is 14.4. The quantitative estimate of drug-likeness (QED) is 0.894. The second-order valence-corrected chi connectivity index (χ2v) is 5.08. The Morgan fingerprint density at radius 1 is 1.05 bits per heavy atom. The number of anilines is 1. The van der Waals surface area contributed by atoms with Crippen LogP contribution in [0, 0.1) is 0 Å². The molecule has 0 spiro atoms. The Labute approximate surface area is 121 Å². The van der Waals surface area contributed by atoms with Gasteiger partial charge in [0.15, 0.2) is 0 Å². The van der Waals surface area contributed by atoms with Crippen molar-refractivity contribution in [2.24, 2.45) is 5.73 Å². The van der Waals surface area contributed by atoms with Gasteiger partial charge in [-0.1, -0.05) is 25.1 Å². The van der Waals surface area contributed by atoms with E-state index in [0.717, 1.165) is 29.2 Å². The lowest BCUT2D eigenvalue weighted by atomic mass is 10.1. The van der Waals surface area contributed by atoms with Crippen LogP contribution in [0.2, 0.25) is 0 Å². The van der Waals surface area contributed by atoms with Gasteiger partial charge in [-0.05, 0) is 36.2 Å². The molecule has 0 aromatic heterocycles. The average molecular weight is 270 g/mol. The Kier molecular flexibility index (Phi) is 4.64. The van der Waals surface area contributed by atoms with Crippen LogP contribution in [0.25, 0.3) is 0 Å². The zero-order valence-corrected chi connectivity index (χ0v) is 12.3. The second kappa shape index (κ2) is 6.44. The molecule has 0 aliphatic carbocycles. The standard InChI is InChI=1S/C17H22N2O/c1-4-17(18)13-7-5-9-15(11-13)20-16-10-6-8-14(12-16)19(2)3/h5-12,17H,4,18H2,1-3H3. The molecule has 2 N–H and O–H groups in total. The van der Waals surface area contributed by atoms with Gasteiger partial charge < -0.3 is 15.4 Å². The molecule has 1 atom stereocenters. The van der Waals surface area contributed by atoms with Gasteiger partial charge in [-0.2, -0.15) is 0 Å². The predicted octanol–water partition coefficient (Wildman–Crippen LogP) is 3.95. The number of nitrogens with two attached hydrogens (primary N) is 1. The van der Waals surface area contributed by atoms with E-state index in [4.69, 9.17) is 10.5 Å². The molecule has 0 amide bonds. The summed E-state index contributed by atoms with van der Waals surface area (Å²) >= 11 is 0. The summed E-state index contributed by atoms with van der Waals surface area (Å²) in [6.45, 7) is 2.08. The molecule has 3 nitrogen and oxygen atoms in total. The number of benzene rings is 2. The number of hydrogen-bond donors (Lipinski definition) is 1. The second-order valence-electron chi connectivity index (χ2n) is 5.08. The topological polar surface area (TPSA) is 38.5 Å². The molecule has 0 bridgehead atoms. The van der Waals surface area contributed by atoms with E-state index in [1.54, 1.807) is 0 Å². The molecule has 0 aliphatic heterocycles. The number of nitrogens with zero attached hydrogens (tertiary/aromatic N) is 1. The Balaban J connectivity index is 2.19. The first-order valence-corrected chi connectivity index (χ1v) is 6.91. The van der Waals surface area contributed by atoms with Crippen LogP contribution in [0.4, 0.5) is 5.69 Å². The maximum Gasteiger partial charge on any atom is 0.129 e. The van der Waals surface area contributed by atoms with Crippen LogP contribution < -0.4 is 15.4 Å². The fourth-order valence-corrected chi connectivity index (χ4v) is 2.01. The van der Waals surface area contributed by atoms with Crippen molar-refractivity contribution in [2.75, 3.05) is 19.0 Å². The van der Waals surface area contributed by atoms with Crippen LogP contribution in [0.15, 0.2) is 48.5 Å². The third-order valence-corrected chi connectivity index (χ3v) is 3.30. The molecule has 2 aromatic rings. The Bertz CT molecular complexity index is 566. The normalized spacial score (nSPS) is 12.0. The van der Waals surface area contributed by atoms with E-state index in [-0.39, 0.29) is 6.04 Å². The molecule has 0 heterocycles. The van der Waals surface area contributed by atoms with Crippen molar-refractivity contribution >= 4 is 5.69 Å². The molecule has 106 valence electrons. The van der Waals surface area contributed by atoms with E-state index in [1.807, 2.05) is 56.6 Å². The smallest absolute Gasteiger partial charge is 0.129 e. The molecule has 0 fully saturated rings. The van der Waals surface area contributed by atoms with Crippen molar-refractivity contribution in [3.63, 3.8) is 0 Å². The molecule has 2 rings (SSSR count). The summed E-state index contributed by atoms with van der Waals surface area (Å²) in [5.74, 6) is 1.65. The van der Waals surface area contributed by atoms with Crippen LogP contribution in [0.1, 0.15) is 24.9 Å². The van der Waals surface area contributed by atoms with E-state index >= 15 is 0 Å². The number of ether oxygens (including phenoxy) is 1. The summed E-state index contributed by atoms with van der Waals surface area (Å²) in [6, 6.07) is 16.1. The highest BCUT2D eigenvalue weighted by Crippen LogP contribution is 2.27. The van der Waals surface area contributed by atoms with Gasteiger partial charge in [0.25, 0.3) is 0 Å². The van der Waals surface area contributed by atoms with Crippen LogP contribution in [-0.2, 0) is 0 Å². The maximum atomic E-state index is 6.06. The Morgan fingerprint density at radius 2 is 1.70 bits per heavy atom. The third kappa shape index (κ3) is 3.52. The lowest BCUT2D eigenvalue weighted by Gasteiger charge is -2.15. The lowest BCUT2D eigenvalue weighted by Crippen LogP contribution is -2.08. The Hall–Kier alpha value is -2.00. The van der Waals surface area contributed by atoms with Gasteiger partial charge in [0.1, 0.15) is 11.5 Å². The fraction of sp³-hybridized carbons (Fsp3) is 0.294. The molecular weight excluding hydrogens is 248 g/mol. The average Bonchev–Trinajstić information content (AvgIpc) is 2.47. The highest BCUT2D eigenvalue weighted by molar-refractivity contribution is 5.50. The summed E-state index contributed by atoms with van der Waals surface area (Å²) < 4.78 is 5.92. The highest BCUT2D eigenvalue weighted by atomic mass is 16.5. The number of rotatable bonds is 5. The van der Waals surface area contributed by atoms with Gasteiger partial charge in [0.2, 0.25) is 0 Å². The SMILES string of the molecule is CCC(N)c1cccc(Oc2cccc(N(C)C)c2)c1. The van der Waals surface area contributed by atoms with E-state index in [9.17, 15) is 0 Å². The van der Waals surface area contributed by atoms with Crippen LogP contribution in [-0.4, -0.2) is 14.1 Å². The summed E-state index contributed by atoms with van der Waals surface area (Å²) in [6.07, 6.45) is 0.916. The third-order valence-electron chi connectivity index (χ3n) is 3.30. The van der Waals surface area contributed by atoms with Gasteiger partial charge in [0, 0.05) is 31.9 Å². The summed E-state index contributed by atoms with van der Waals surface area (Å²) in [7, 11) is 4.03. The molecule has 0 aliphatic rings. The van der Waals surface area contributed by atoms with E-state index in [2.05, 4.69) is 17.9 Å². The van der Waals surface area contributed by atoms with Crippen molar-refractivity contribution in [1.82, 2.24) is 0 Å². The molecule has 3 heteroatoms. The zero-order valence-electron chi connectivity index (χ0n) is 12.3. The van der Waals surface area contributed by atoms with Crippen molar-refractivity contribution in [1.29, 1.82) is 0 Å². The monoisotopic (exact) mass is 270 g/mol. The number of hydrogen-bond acceptors (Lipinski definition) is 3. The predicted molar refractivity (Wildman–Crippen MR) is 84.5 cm³/mol. The molecule has 0 saturated carbocycles. The molecule has 2 aromatic carbocycles. The van der Waals surface area contributed by atoms with Crippen LogP contribution >= 0.6 is 0 Å². The van der Waals surface area contributed by atoms with Gasteiger partial charge in [-0.3, -0.25) is 0 Å². The minimum Gasteiger partial charge on any atom is -0.457 e. The highest BCUT2D eigenvalue weighted by Gasteiger charge is 2.05. The summed E-state index contributed by atoms with van der Waals surface area (Å²) in [5.41, 5.74) is 8.28. The first-order chi connectivity index (χ1) is 9.60. The summed E-state index contributed by atoms with van der Waals surface area (Å²) in [5, 5.41) is 0. The van der Waals surface area contributed by atoms with Crippen molar-refractivity contribution < 1.29 is 4.74 Å². The Morgan fingerprint density at radius 3 is 2.35 bits per heavy atom. The van der Waals surface area contributed by atoms with E-state index in [1.165, 1.54) is 0 Å². The van der Waals surface area contributed by atoms with Crippen molar-refractivity contribution in [3.8, 4) is 11.5 Å². The van der Waals surface area contributed by atoms with Crippen LogP contribution in [0.5, 0.6) is 11.5 Å². The van der Waals surface area contributed by atoms with Gasteiger partial charge in [-0.25, -0.2) is 0 Å². The summed E-state index contributed by atoms with van der Waals surface area (Å²) in [4.78, 5) is 2.05. The van der Waals surface area contributed by atoms with Gasteiger partial charge in [-0.15, -0.1) is 0 Å². The molecular formula is C17H22N2O. The minimum absolute atomic E-state index is 0.0617. The lowest BCUT2D eigenvalue weighted by molar-refractivity contribution is 0.481. The molecule has 0 saturated heterocycles. The van der Waals surface area contributed by atoms with Crippen LogP contribution in [0.3, 0.4) is 0 Å². The first-order valence-electron chi connectivity index (χ1n) is 6.91. The van der Waals surface area contributed by atoms with Gasteiger partial charge in [0.05, 0.1) is 0 Å².